The van der Waals surface area contributed by atoms with E-state index in [1.54, 1.807) is 23.0 Å². The predicted molar refractivity (Wildman–Crippen MR) is 79.2 cm³/mol. The summed E-state index contributed by atoms with van der Waals surface area (Å²) in [7, 11) is 0. The van der Waals surface area contributed by atoms with Gasteiger partial charge in [0.2, 0.25) is 0 Å². The molecule has 0 bridgehead atoms. The lowest BCUT2D eigenvalue weighted by Gasteiger charge is -2.03. The van der Waals surface area contributed by atoms with Crippen molar-refractivity contribution in [2.24, 2.45) is 5.73 Å². The fourth-order valence-electron chi connectivity index (χ4n) is 2.00. The van der Waals surface area contributed by atoms with Crippen molar-refractivity contribution >= 4 is 17.3 Å². The molecule has 7 nitrogen and oxygen atoms in total. The minimum Gasteiger partial charge on any atom is -0.330 e. The standard InChI is InChI=1S/C13H16ClN5O2/c14-11-5-4-10(13(7-11)19(20)21)8-18-9-12(16-17-18)3-1-2-6-15/h4-5,7,9H,1-3,6,8,15H2. The number of aryl methyl sites for hydroxylation is 1. The van der Waals surface area contributed by atoms with E-state index in [-0.39, 0.29) is 12.2 Å². The van der Waals surface area contributed by atoms with Crippen LogP contribution in [0.2, 0.25) is 5.02 Å². The van der Waals surface area contributed by atoms with E-state index < -0.39 is 4.92 Å². The highest BCUT2D eigenvalue weighted by molar-refractivity contribution is 6.30. The fourth-order valence-corrected chi connectivity index (χ4v) is 2.16. The molecule has 0 radical (unpaired) electrons. The minimum atomic E-state index is -0.444. The summed E-state index contributed by atoms with van der Waals surface area (Å²) in [6.45, 7) is 0.947. The average Bonchev–Trinajstić information content (AvgIpc) is 2.88. The molecule has 21 heavy (non-hydrogen) atoms. The molecule has 0 spiro atoms. The van der Waals surface area contributed by atoms with Gasteiger partial charge in [0.1, 0.15) is 0 Å². The van der Waals surface area contributed by atoms with Gasteiger partial charge in [-0.25, -0.2) is 4.68 Å². The summed E-state index contributed by atoms with van der Waals surface area (Å²) in [5.74, 6) is 0. The molecule has 112 valence electrons. The molecule has 0 aliphatic rings. The van der Waals surface area contributed by atoms with Gasteiger partial charge < -0.3 is 5.73 Å². The Hall–Kier alpha value is -1.99. The predicted octanol–water partition coefficient (Wildman–Crippen LogP) is 2.17. The van der Waals surface area contributed by atoms with Crippen molar-refractivity contribution < 1.29 is 4.92 Å². The number of rotatable bonds is 7. The Morgan fingerprint density at radius 1 is 1.38 bits per heavy atom. The molecule has 1 aromatic carbocycles. The third kappa shape index (κ3) is 4.24. The lowest BCUT2D eigenvalue weighted by molar-refractivity contribution is -0.385. The van der Waals surface area contributed by atoms with Crippen molar-refractivity contribution in [3.8, 4) is 0 Å². The zero-order chi connectivity index (χ0) is 15.2. The highest BCUT2D eigenvalue weighted by Gasteiger charge is 2.15. The van der Waals surface area contributed by atoms with Gasteiger partial charge in [-0.3, -0.25) is 10.1 Å². The normalized spacial score (nSPS) is 10.8. The second-order valence-electron chi connectivity index (χ2n) is 4.68. The number of nitro groups is 1. The summed E-state index contributed by atoms with van der Waals surface area (Å²) in [5, 5.41) is 19.4. The van der Waals surface area contributed by atoms with Crippen molar-refractivity contribution in [2.75, 3.05) is 6.54 Å². The summed E-state index contributed by atoms with van der Waals surface area (Å²) in [6.07, 6.45) is 4.50. The lowest BCUT2D eigenvalue weighted by Crippen LogP contribution is -2.04. The van der Waals surface area contributed by atoms with E-state index in [9.17, 15) is 10.1 Å². The molecule has 0 saturated carbocycles. The number of hydrogen-bond donors (Lipinski definition) is 1. The van der Waals surface area contributed by atoms with Crippen molar-refractivity contribution in [3.05, 3.63) is 50.8 Å². The van der Waals surface area contributed by atoms with Crippen LogP contribution in [0.4, 0.5) is 5.69 Å². The average molecular weight is 310 g/mol. The molecule has 0 aliphatic carbocycles. The highest BCUT2D eigenvalue weighted by Crippen LogP contribution is 2.23. The van der Waals surface area contributed by atoms with Gasteiger partial charge in [0, 0.05) is 17.3 Å². The van der Waals surface area contributed by atoms with Crippen LogP contribution >= 0.6 is 11.6 Å². The van der Waals surface area contributed by atoms with E-state index in [0.717, 1.165) is 25.0 Å². The van der Waals surface area contributed by atoms with Gasteiger partial charge in [-0.1, -0.05) is 16.8 Å². The zero-order valence-electron chi connectivity index (χ0n) is 11.4. The molecule has 1 aromatic heterocycles. The Morgan fingerprint density at radius 2 is 2.19 bits per heavy atom. The first-order valence-corrected chi connectivity index (χ1v) is 7.00. The summed E-state index contributed by atoms with van der Waals surface area (Å²) >= 11 is 5.79. The molecular formula is C13H16ClN5O2. The van der Waals surface area contributed by atoms with Crippen LogP contribution < -0.4 is 5.73 Å². The maximum absolute atomic E-state index is 11.0. The molecule has 0 aliphatic heterocycles. The van der Waals surface area contributed by atoms with Crippen LogP contribution in [0.1, 0.15) is 24.1 Å². The SMILES string of the molecule is NCCCCc1cn(Cc2ccc(Cl)cc2[N+](=O)[O-])nn1. The van der Waals surface area contributed by atoms with E-state index >= 15 is 0 Å². The zero-order valence-corrected chi connectivity index (χ0v) is 12.2. The number of aromatic nitrogens is 3. The monoisotopic (exact) mass is 309 g/mol. The van der Waals surface area contributed by atoms with Gasteiger partial charge in [-0.05, 0) is 37.9 Å². The summed E-state index contributed by atoms with van der Waals surface area (Å²) in [6, 6.07) is 4.61. The Morgan fingerprint density at radius 3 is 2.90 bits per heavy atom. The van der Waals surface area contributed by atoms with Gasteiger partial charge in [-0.2, -0.15) is 0 Å². The first-order chi connectivity index (χ1) is 10.1. The second-order valence-corrected chi connectivity index (χ2v) is 5.12. The molecule has 0 unspecified atom stereocenters. The largest absolute Gasteiger partial charge is 0.330 e. The Labute approximate surface area is 126 Å². The summed E-state index contributed by atoms with van der Waals surface area (Å²) in [5.41, 5.74) is 6.84. The molecule has 2 N–H and O–H groups in total. The van der Waals surface area contributed by atoms with Gasteiger partial charge in [0.25, 0.3) is 5.69 Å². The van der Waals surface area contributed by atoms with Crippen LogP contribution in [-0.4, -0.2) is 26.5 Å². The summed E-state index contributed by atoms with van der Waals surface area (Å²) in [4.78, 5) is 10.6. The van der Waals surface area contributed by atoms with Crippen molar-refractivity contribution in [1.29, 1.82) is 0 Å². The fraction of sp³-hybridized carbons (Fsp3) is 0.385. The Bertz CT molecular complexity index is 629. The highest BCUT2D eigenvalue weighted by atomic mass is 35.5. The molecule has 0 amide bonds. The van der Waals surface area contributed by atoms with E-state index in [0.29, 0.717) is 17.1 Å². The number of halogens is 1. The molecule has 0 fully saturated rings. The van der Waals surface area contributed by atoms with Crippen LogP contribution in [0.25, 0.3) is 0 Å². The molecule has 2 aromatic rings. The van der Waals surface area contributed by atoms with Gasteiger partial charge in [-0.15, -0.1) is 5.10 Å². The quantitative estimate of drug-likeness (QED) is 0.480. The first-order valence-electron chi connectivity index (χ1n) is 6.62. The Balaban J connectivity index is 2.10. The van der Waals surface area contributed by atoms with Crippen LogP contribution in [0, 0.1) is 10.1 Å². The van der Waals surface area contributed by atoms with E-state index in [1.165, 1.54) is 6.07 Å². The third-order valence-electron chi connectivity index (χ3n) is 3.05. The molecule has 2 rings (SSSR count). The van der Waals surface area contributed by atoms with Crippen LogP contribution in [-0.2, 0) is 13.0 Å². The van der Waals surface area contributed by atoms with Crippen LogP contribution in [0.3, 0.4) is 0 Å². The topological polar surface area (TPSA) is 99.9 Å². The maximum Gasteiger partial charge on any atom is 0.275 e. The number of nitro benzene ring substituents is 1. The van der Waals surface area contributed by atoms with Gasteiger partial charge >= 0.3 is 0 Å². The summed E-state index contributed by atoms with van der Waals surface area (Å²) < 4.78 is 1.59. The second kappa shape index (κ2) is 7.14. The number of unbranched alkanes of at least 4 members (excludes halogenated alkanes) is 1. The number of nitrogens with two attached hydrogens (primary N) is 1. The molecular weight excluding hydrogens is 294 g/mol. The molecule has 8 heteroatoms. The number of benzene rings is 1. The van der Waals surface area contributed by atoms with Crippen LogP contribution in [0.5, 0.6) is 0 Å². The van der Waals surface area contributed by atoms with Crippen LogP contribution in [0.15, 0.2) is 24.4 Å². The Kier molecular flexibility index (Phi) is 5.24. The van der Waals surface area contributed by atoms with E-state index in [4.69, 9.17) is 17.3 Å². The molecule has 1 heterocycles. The first kappa shape index (κ1) is 15.4. The van der Waals surface area contributed by atoms with Crippen molar-refractivity contribution in [1.82, 2.24) is 15.0 Å². The van der Waals surface area contributed by atoms with Gasteiger partial charge in [0.15, 0.2) is 0 Å². The number of nitrogens with zero attached hydrogens (tertiary/aromatic N) is 4. The van der Waals surface area contributed by atoms with Crippen molar-refractivity contribution in [3.63, 3.8) is 0 Å². The number of hydrogen-bond acceptors (Lipinski definition) is 5. The third-order valence-corrected chi connectivity index (χ3v) is 3.28. The maximum atomic E-state index is 11.0. The molecule has 0 saturated heterocycles. The van der Waals surface area contributed by atoms with E-state index in [1.807, 2.05) is 0 Å². The van der Waals surface area contributed by atoms with Crippen molar-refractivity contribution in [2.45, 2.75) is 25.8 Å². The van der Waals surface area contributed by atoms with Gasteiger partial charge in [0.05, 0.1) is 22.7 Å². The lowest BCUT2D eigenvalue weighted by atomic mass is 10.2. The smallest absolute Gasteiger partial charge is 0.275 e. The minimum absolute atomic E-state index is 0.0114. The molecule has 0 atom stereocenters. The van der Waals surface area contributed by atoms with E-state index in [2.05, 4.69) is 10.3 Å².